The van der Waals surface area contributed by atoms with Gasteiger partial charge < -0.3 is 19.9 Å². The lowest BCUT2D eigenvalue weighted by molar-refractivity contribution is 0.310. The number of nitrogens with zero attached hydrogens (tertiary/aromatic N) is 3. The first-order chi connectivity index (χ1) is 15.2. The van der Waals surface area contributed by atoms with Crippen molar-refractivity contribution in [3.8, 4) is 28.1 Å². The molecule has 0 spiro atoms. The third-order valence-electron chi connectivity index (χ3n) is 6.51. The Hall–Kier alpha value is -3.38. The van der Waals surface area contributed by atoms with Gasteiger partial charge >= 0.3 is 0 Å². The second kappa shape index (κ2) is 7.10. The molecule has 0 amide bonds. The summed E-state index contributed by atoms with van der Waals surface area (Å²) >= 11 is 0. The van der Waals surface area contributed by atoms with Gasteiger partial charge in [-0.25, -0.2) is 9.97 Å². The number of hydrogen-bond acceptors (Lipinski definition) is 5. The van der Waals surface area contributed by atoms with Gasteiger partial charge in [0.25, 0.3) is 0 Å². The second-order valence-corrected chi connectivity index (χ2v) is 8.55. The molecular formula is C25H25N5O. The van der Waals surface area contributed by atoms with E-state index >= 15 is 0 Å². The number of rotatable bonds is 2. The number of fused-ring (bicyclic) bond motifs is 3. The normalized spacial score (nSPS) is 15.8. The summed E-state index contributed by atoms with van der Waals surface area (Å²) in [5.41, 5.74) is 10.5. The zero-order chi connectivity index (χ0) is 20.9. The third kappa shape index (κ3) is 3.06. The van der Waals surface area contributed by atoms with Crippen LogP contribution in [-0.2, 0) is 13.0 Å². The average Bonchev–Trinajstić information content (AvgIpc) is 3.22. The van der Waals surface area contributed by atoms with Crippen molar-refractivity contribution in [2.24, 2.45) is 0 Å². The van der Waals surface area contributed by atoms with Crippen LogP contribution in [0.25, 0.3) is 33.3 Å². The maximum absolute atomic E-state index is 5.70. The first-order valence-electron chi connectivity index (χ1n) is 10.8. The number of ether oxygens (including phenoxy) is 1. The standard InChI is InChI=1S/C25H25N5O/c1-15-21(12-29-25-23(15)26-6-8-31-25)22-13-28-24-20(22)10-18(11-27-24)17-4-3-16-5-7-30(2)14-19(16)9-17/h3-4,9-13,26H,5-8,14H2,1-2H3,(H,27,28). The molecule has 0 saturated heterocycles. The molecule has 0 unspecified atom stereocenters. The number of aromatic amines is 1. The van der Waals surface area contributed by atoms with Gasteiger partial charge in [0.2, 0.25) is 5.88 Å². The van der Waals surface area contributed by atoms with Gasteiger partial charge in [0.1, 0.15) is 17.9 Å². The van der Waals surface area contributed by atoms with E-state index in [9.17, 15) is 0 Å². The van der Waals surface area contributed by atoms with Gasteiger partial charge in [0.15, 0.2) is 0 Å². The first kappa shape index (κ1) is 18.4. The molecule has 6 nitrogen and oxygen atoms in total. The number of benzene rings is 1. The zero-order valence-electron chi connectivity index (χ0n) is 17.8. The highest BCUT2D eigenvalue weighted by molar-refractivity contribution is 5.97. The van der Waals surface area contributed by atoms with Crippen LogP contribution in [0.4, 0.5) is 5.69 Å². The molecular weight excluding hydrogens is 386 g/mol. The fraction of sp³-hybridized carbons (Fsp3) is 0.280. The molecule has 6 heteroatoms. The summed E-state index contributed by atoms with van der Waals surface area (Å²) in [5.74, 6) is 0.685. The minimum Gasteiger partial charge on any atom is -0.474 e. The lowest BCUT2D eigenvalue weighted by atomic mass is 9.94. The highest BCUT2D eigenvalue weighted by Crippen LogP contribution is 2.38. The van der Waals surface area contributed by atoms with Crippen LogP contribution in [0.2, 0.25) is 0 Å². The van der Waals surface area contributed by atoms with E-state index in [0.717, 1.165) is 65.0 Å². The summed E-state index contributed by atoms with van der Waals surface area (Å²) in [6.45, 7) is 5.69. The Bertz CT molecular complexity index is 1310. The van der Waals surface area contributed by atoms with Crippen LogP contribution in [0.5, 0.6) is 5.88 Å². The van der Waals surface area contributed by atoms with Crippen LogP contribution in [-0.4, -0.2) is 46.6 Å². The van der Waals surface area contributed by atoms with E-state index in [4.69, 9.17) is 9.72 Å². The van der Waals surface area contributed by atoms with Crippen molar-refractivity contribution in [1.29, 1.82) is 0 Å². The van der Waals surface area contributed by atoms with E-state index in [1.54, 1.807) is 0 Å². The van der Waals surface area contributed by atoms with Crippen LogP contribution >= 0.6 is 0 Å². The molecule has 0 radical (unpaired) electrons. The van der Waals surface area contributed by atoms with E-state index < -0.39 is 0 Å². The van der Waals surface area contributed by atoms with Crippen LogP contribution in [0.15, 0.2) is 42.9 Å². The molecule has 156 valence electrons. The van der Waals surface area contributed by atoms with Crippen LogP contribution < -0.4 is 10.1 Å². The van der Waals surface area contributed by atoms with E-state index in [0.29, 0.717) is 12.5 Å². The number of anilines is 1. The monoisotopic (exact) mass is 411 g/mol. The summed E-state index contributed by atoms with van der Waals surface area (Å²) in [5, 5.41) is 4.54. The summed E-state index contributed by atoms with van der Waals surface area (Å²) in [7, 11) is 2.18. The predicted octanol–water partition coefficient (Wildman–Crippen LogP) is 4.39. The summed E-state index contributed by atoms with van der Waals surface area (Å²) in [6, 6.07) is 9.08. The molecule has 2 N–H and O–H groups in total. The van der Waals surface area contributed by atoms with Gasteiger partial charge in [-0.3, -0.25) is 0 Å². The van der Waals surface area contributed by atoms with Crippen molar-refractivity contribution in [1.82, 2.24) is 19.9 Å². The van der Waals surface area contributed by atoms with Gasteiger partial charge in [-0.1, -0.05) is 12.1 Å². The summed E-state index contributed by atoms with van der Waals surface area (Å²) < 4.78 is 5.70. The number of likely N-dealkylation sites (N-methyl/N-ethyl adjacent to an activating group) is 1. The number of hydrogen-bond donors (Lipinski definition) is 2. The molecule has 0 saturated carbocycles. The number of nitrogens with one attached hydrogen (secondary N) is 2. The molecule has 31 heavy (non-hydrogen) atoms. The zero-order valence-corrected chi connectivity index (χ0v) is 17.8. The van der Waals surface area contributed by atoms with E-state index in [-0.39, 0.29) is 0 Å². The number of H-pyrrole nitrogens is 1. The lowest BCUT2D eigenvalue weighted by Crippen LogP contribution is -2.26. The summed E-state index contributed by atoms with van der Waals surface area (Å²) in [6.07, 6.45) is 7.02. The fourth-order valence-corrected chi connectivity index (χ4v) is 4.75. The molecule has 3 aromatic heterocycles. The van der Waals surface area contributed by atoms with Crippen LogP contribution in [0, 0.1) is 6.92 Å². The van der Waals surface area contributed by atoms with Gasteiger partial charge in [0.05, 0.1) is 0 Å². The van der Waals surface area contributed by atoms with Crippen molar-refractivity contribution in [2.45, 2.75) is 19.9 Å². The molecule has 0 bridgehead atoms. The topological polar surface area (TPSA) is 66.1 Å². The number of aromatic nitrogens is 3. The van der Waals surface area contributed by atoms with Gasteiger partial charge in [0, 0.05) is 60.3 Å². The molecule has 0 fully saturated rings. The Kier molecular flexibility index (Phi) is 4.21. The Morgan fingerprint density at radius 1 is 1.03 bits per heavy atom. The lowest BCUT2D eigenvalue weighted by Gasteiger charge is -2.25. The quantitative estimate of drug-likeness (QED) is 0.512. The molecule has 4 aromatic rings. The average molecular weight is 412 g/mol. The van der Waals surface area contributed by atoms with Crippen molar-refractivity contribution in [3.63, 3.8) is 0 Å². The minimum atomic E-state index is 0.649. The van der Waals surface area contributed by atoms with Crippen LogP contribution in [0.3, 0.4) is 0 Å². The Morgan fingerprint density at radius 2 is 1.97 bits per heavy atom. The van der Waals surface area contributed by atoms with Gasteiger partial charge in [-0.2, -0.15) is 0 Å². The molecule has 0 aliphatic carbocycles. The Labute approximate surface area is 181 Å². The number of pyridine rings is 2. The highest BCUT2D eigenvalue weighted by Gasteiger charge is 2.19. The molecule has 5 heterocycles. The van der Waals surface area contributed by atoms with E-state index in [1.165, 1.54) is 16.7 Å². The molecule has 1 aromatic carbocycles. The van der Waals surface area contributed by atoms with E-state index in [2.05, 4.69) is 58.4 Å². The fourth-order valence-electron chi connectivity index (χ4n) is 4.75. The highest BCUT2D eigenvalue weighted by atomic mass is 16.5. The Morgan fingerprint density at radius 3 is 2.90 bits per heavy atom. The second-order valence-electron chi connectivity index (χ2n) is 8.55. The minimum absolute atomic E-state index is 0.649. The van der Waals surface area contributed by atoms with Gasteiger partial charge in [-0.05, 0) is 54.8 Å². The SMILES string of the molecule is Cc1c(-c2c[nH]c3ncc(-c4ccc5c(c4)CN(C)CC5)cc23)cnc2c1NCCO2. The van der Waals surface area contributed by atoms with Crippen molar-refractivity contribution < 1.29 is 4.74 Å². The summed E-state index contributed by atoms with van der Waals surface area (Å²) in [4.78, 5) is 15.0. The third-order valence-corrected chi connectivity index (χ3v) is 6.51. The Balaban J connectivity index is 1.45. The van der Waals surface area contributed by atoms with Crippen molar-refractivity contribution >= 4 is 16.7 Å². The molecule has 0 atom stereocenters. The smallest absolute Gasteiger partial charge is 0.237 e. The molecule has 2 aliphatic rings. The maximum atomic E-state index is 5.70. The van der Waals surface area contributed by atoms with Crippen molar-refractivity contribution in [3.05, 3.63) is 59.5 Å². The predicted molar refractivity (Wildman–Crippen MR) is 124 cm³/mol. The largest absolute Gasteiger partial charge is 0.474 e. The first-order valence-corrected chi connectivity index (χ1v) is 10.8. The van der Waals surface area contributed by atoms with Gasteiger partial charge in [-0.15, -0.1) is 0 Å². The molecule has 2 aliphatic heterocycles. The molecule has 6 rings (SSSR count). The van der Waals surface area contributed by atoms with Crippen molar-refractivity contribution in [2.75, 3.05) is 32.1 Å². The van der Waals surface area contributed by atoms with Crippen LogP contribution in [0.1, 0.15) is 16.7 Å². The maximum Gasteiger partial charge on any atom is 0.237 e. The van der Waals surface area contributed by atoms with E-state index in [1.807, 2.05) is 18.6 Å².